The zero-order valence-electron chi connectivity index (χ0n) is 11.3. The number of hydrogen-bond donors (Lipinski definition) is 2. The number of methoxy groups -OCH3 is 2. The van der Waals surface area contributed by atoms with Crippen molar-refractivity contribution in [2.45, 2.75) is 31.5 Å². The van der Waals surface area contributed by atoms with Gasteiger partial charge in [-0.2, -0.15) is 0 Å². The van der Waals surface area contributed by atoms with E-state index >= 15 is 0 Å². The van der Waals surface area contributed by atoms with E-state index < -0.39 is 17.5 Å². The quantitative estimate of drug-likeness (QED) is 0.853. The summed E-state index contributed by atoms with van der Waals surface area (Å²) in [5.41, 5.74) is -0.543. The van der Waals surface area contributed by atoms with Gasteiger partial charge in [0.15, 0.2) is 11.4 Å². The highest BCUT2D eigenvalue weighted by molar-refractivity contribution is 5.86. The SMILES string of the molecule is COc1ccc(OC)c2c1CC[C@](O)(C(C)=O)[C@H]2O. The van der Waals surface area contributed by atoms with E-state index in [1.807, 2.05) is 0 Å². The maximum absolute atomic E-state index is 11.6. The minimum Gasteiger partial charge on any atom is -0.496 e. The number of carbonyl (C=O) groups is 1. The summed E-state index contributed by atoms with van der Waals surface area (Å²) in [6.07, 6.45) is -0.693. The molecule has 0 unspecified atom stereocenters. The van der Waals surface area contributed by atoms with Gasteiger partial charge in [-0.25, -0.2) is 0 Å². The molecule has 0 bridgehead atoms. The molecule has 0 saturated heterocycles. The van der Waals surface area contributed by atoms with E-state index in [9.17, 15) is 15.0 Å². The molecule has 0 heterocycles. The van der Waals surface area contributed by atoms with Crippen molar-refractivity contribution in [2.75, 3.05) is 14.2 Å². The first-order valence-electron chi connectivity index (χ1n) is 6.11. The molecule has 1 aliphatic rings. The van der Waals surface area contributed by atoms with E-state index in [1.165, 1.54) is 14.0 Å². The molecular formula is C14H18O5. The number of Topliss-reactive ketones (excluding diaryl/α,β-unsaturated/α-hetero) is 1. The van der Waals surface area contributed by atoms with Crippen LogP contribution in [0, 0.1) is 0 Å². The number of ketones is 1. The van der Waals surface area contributed by atoms with E-state index in [1.54, 1.807) is 19.2 Å². The predicted molar refractivity (Wildman–Crippen MR) is 68.5 cm³/mol. The van der Waals surface area contributed by atoms with Crippen LogP contribution in [-0.2, 0) is 11.2 Å². The molecule has 0 spiro atoms. The summed E-state index contributed by atoms with van der Waals surface area (Å²) in [7, 11) is 3.02. The lowest BCUT2D eigenvalue weighted by Crippen LogP contribution is -2.46. The Balaban J connectivity index is 2.62. The van der Waals surface area contributed by atoms with Crippen molar-refractivity contribution >= 4 is 5.78 Å². The molecule has 1 aliphatic carbocycles. The summed E-state index contributed by atoms with van der Waals surface area (Å²) in [6, 6.07) is 3.41. The molecular weight excluding hydrogens is 248 g/mol. The summed E-state index contributed by atoms with van der Waals surface area (Å²) >= 11 is 0. The van der Waals surface area contributed by atoms with Gasteiger partial charge in [-0.05, 0) is 31.9 Å². The first-order chi connectivity index (χ1) is 8.95. The molecule has 0 aliphatic heterocycles. The molecule has 0 radical (unpaired) electrons. The van der Waals surface area contributed by atoms with E-state index in [0.29, 0.717) is 23.5 Å². The zero-order valence-corrected chi connectivity index (χ0v) is 11.3. The van der Waals surface area contributed by atoms with Crippen LogP contribution < -0.4 is 9.47 Å². The van der Waals surface area contributed by atoms with Gasteiger partial charge >= 0.3 is 0 Å². The number of benzene rings is 1. The van der Waals surface area contributed by atoms with Crippen molar-refractivity contribution in [2.24, 2.45) is 0 Å². The van der Waals surface area contributed by atoms with Gasteiger partial charge < -0.3 is 19.7 Å². The molecule has 0 amide bonds. The Morgan fingerprint density at radius 1 is 1.32 bits per heavy atom. The fourth-order valence-corrected chi connectivity index (χ4v) is 2.61. The average Bonchev–Trinajstić information content (AvgIpc) is 2.41. The maximum atomic E-state index is 11.6. The van der Waals surface area contributed by atoms with Crippen LogP contribution in [0.4, 0.5) is 0 Å². The third kappa shape index (κ3) is 1.99. The van der Waals surface area contributed by atoms with Gasteiger partial charge in [-0.3, -0.25) is 4.79 Å². The molecule has 5 nitrogen and oxygen atoms in total. The van der Waals surface area contributed by atoms with Crippen LogP contribution in [0.5, 0.6) is 11.5 Å². The monoisotopic (exact) mass is 266 g/mol. The van der Waals surface area contributed by atoms with E-state index in [0.717, 1.165) is 5.56 Å². The first kappa shape index (κ1) is 13.8. The molecule has 2 atom stereocenters. The molecule has 0 fully saturated rings. The molecule has 5 heteroatoms. The Morgan fingerprint density at radius 3 is 2.42 bits per heavy atom. The Morgan fingerprint density at radius 2 is 1.89 bits per heavy atom. The molecule has 2 N–H and O–H groups in total. The van der Waals surface area contributed by atoms with E-state index in [4.69, 9.17) is 9.47 Å². The van der Waals surface area contributed by atoms with Crippen molar-refractivity contribution < 1.29 is 24.5 Å². The highest BCUT2D eigenvalue weighted by Crippen LogP contribution is 2.45. The lowest BCUT2D eigenvalue weighted by atomic mass is 9.75. The van der Waals surface area contributed by atoms with Crippen molar-refractivity contribution in [3.8, 4) is 11.5 Å². The van der Waals surface area contributed by atoms with Gasteiger partial charge in [-0.1, -0.05) is 0 Å². The maximum Gasteiger partial charge on any atom is 0.164 e. The number of rotatable bonds is 3. The number of ether oxygens (including phenoxy) is 2. The van der Waals surface area contributed by atoms with Crippen molar-refractivity contribution in [1.82, 2.24) is 0 Å². The predicted octanol–water partition coefficient (Wildman–Crippen LogP) is 1.00. The Kier molecular flexibility index (Phi) is 3.52. The van der Waals surface area contributed by atoms with Crippen molar-refractivity contribution in [1.29, 1.82) is 0 Å². The van der Waals surface area contributed by atoms with Crippen LogP contribution in [0.1, 0.15) is 30.6 Å². The van der Waals surface area contributed by atoms with Crippen LogP contribution in [0.3, 0.4) is 0 Å². The summed E-state index contributed by atoms with van der Waals surface area (Å²) in [5, 5.41) is 20.7. The molecule has 2 rings (SSSR count). The normalized spacial score (nSPS) is 25.6. The van der Waals surface area contributed by atoms with Gasteiger partial charge in [0, 0.05) is 11.1 Å². The number of aliphatic hydroxyl groups excluding tert-OH is 1. The minimum atomic E-state index is -1.76. The van der Waals surface area contributed by atoms with Crippen LogP contribution in [0.15, 0.2) is 12.1 Å². The van der Waals surface area contributed by atoms with Gasteiger partial charge in [0.25, 0.3) is 0 Å². The largest absolute Gasteiger partial charge is 0.496 e. The third-order valence-corrected chi connectivity index (χ3v) is 3.81. The highest BCUT2D eigenvalue weighted by atomic mass is 16.5. The summed E-state index contributed by atoms with van der Waals surface area (Å²) < 4.78 is 10.5. The fraction of sp³-hybridized carbons (Fsp3) is 0.500. The minimum absolute atomic E-state index is 0.167. The molecule has 19 heavy (non-hydrogen) atoms. The lowest BCUT2D eigenvalue weighted by Gasteiger charge is -2.37. The zero-order chi connectivity index (χ0) is 14.2. The van der Waals surface area contributed by atoms with Gasteiger partial charge in [0.1, 0.15) is 17.6 Å². The lowest BCUT2D eigenvalue weighted by molar-refractivity contribution is -0.151. The van der Waals surface area contributed by atoms with Crippen LogP contribution >= 0.6 is 0 Å². The molecule has 0 aromatic heterocycles. The standard InChI is InChI=1S/C14H18O5/c1-8(15)14(17)7-6-9-10(18-2)4-5-11(19-3)12(9)13(14)16/h4-5,13,16-17H,6-7H2,1-3H3/t13-,14-/m0/s1. The Bertz CT molecular complexity index is 511. The topological polar surface area (TPSA) is 76.0 Å². The van der Waals surface area contributed by atoms with Crippen molar-refractivity contribution in [3.63, 3.8) is 0 Å². The number of fused-ring (bicyclic) bond motifs is 1. The molecule has 104 valence electrons. The first-order valence-corrected chi connectivity index (χ1v) is 6.11. The number of carbonyl (C=O) groups excluding carboxylic acids is 1. The second-order valence-electron chi connectivity index (χ2n) is 4.75. The third-order valence-electron chi connectivity index (χ3n) is 3.81. The van der Waals surface area contributed by atoms with Gasteiger partial charge in [0.2, 0.25) is 0 Å². The summed E-state index contributed by atoms with van der Waals surface area (Å²) in [5.74, 6) is 0.624. The van der Waals surface area contributed by atoms with Gasteiger partial charge in [-0.15, -0.1) is 0 Å². The van der Waals surface area contributed by atoms with E-state index in [2.05, 4.69) is 0 Å². The number of aliphatic hydroxyl groups is 2. The Hall–Kier alpha value is -1.59. The van der Waals surface area contributed by atoms with Crippen LogP contribution in [0.2, 0.25) is 0 Å². The summed E-state index contributed by atoms with van der Waals surface area (Å²) in [4.78, 5) is 11.6. The Labute approximate surface area is 111 Å². The summed E-state index contributed by atoms with van der Waals surface area (Å²) in [6.45, 7) is 1.28. The molecule has 0 saturated carbocycles. The average molecular weight is 266 g/mol. The van der Waals surface area contributed by atoms with Crippen molar-refractivity contribution in [3.05, 3.63) is 23.3 Å². The highest BCUT2D eigenvalue weighted by Gasteiger charge is 2.47. The number of hydrogen-bond acceptors (Lipinski definition) is 5. The smallest absolute Gasteiger partial charge is 0.164 e. The van der Waals surface area contributed by atoms with Crippen LogP contribution in [-0.4, -0.2) is 35.8 Å². The fourth-order valence-electron chi connectivity index (χ4n) is 2.61. The van der Waals surface area contributed by atoms with Gasteiger partial charge in [0.05, 0.1) is 14.2 Å². The molecule has 1 aromatic carbocycles. The second kappa shape index (κ2) is 4.83. The molecule has 1 aromatic rings. The van der Waals surface area contributed by atoms with E-state index in [-0.39, 0.29) is 6.42 Å². The second-order valence-corrected chi connectivity index (χ2v) is 4.75. The van der Waals surface area contributed by atoms with Crippen LogP contribution in [0.25, 0.3) is 0 Å².